The van der Waals surface area contributed by atoms with Gasteiger partial charge in [0.25, 0.3) is 0 Å². The Morgan fingerprint density at radius 1 is 1.18 bits per heavy atom. The Labute approximate surface area is 132 Å². The van der Waals surface area contributed by atoms with Crippen LogP contribution in [-0.2, 0) is 16.6 Å². The summed E-state index contributed by atoms with van der Waals surface area (Å²) >= 11 is 0. The van der Waals surface area contributed by atoms with Crippen molar-refractivity contribution in [1.82, 2.24) is 14.2 Å². The standard InChI is InChI=1S/C15H24FN3O2S/c1-15(2,12-16)13-22(20,21)19-9-7-18(8-10-19)11-14-3-5-17-6-4-14/h3-6H,7-13H2,1-2H3. The summed E-state index contributed by atoms with van der Waals surface area (Å²) in [5.74, 6) is -0.138. The number of alkyl halides is 1. The van der Waals surface area contributed by atoms with Crippen molar-refractivity contribution < 1.29 is 12.8 Å². The molecular weight excluding hydrogens is 305 g/mol. The summed E-state index contributed by atoms with van der Waals surface area (Å²) < 4.78 is 39.1. The third-order valence-electron chi connectivity index (χ3n) is 3.82. The lowest BCUT2D eigenvalue weighted by Crippen LogP contribution is -2.50. The van der Waals surface area contributed by atoms with E-state index in [0.29, 0.717) is 26.2 Å². The minimum Gasteiger partial charge on any atom is -0.296 e. The van der Waals surface area contributed by atoms with E-state index in [4.69, 9.17) is 0 Å². The fraction of sp³-hybridized carbons (Fsp3) is 0.667. The number of rotatable bonds is 6. The molecule has 0 spiro atoms. The van der Waals surface area contributed by atoms with Crippen LogP contribution in [0.15, 0.2) is 24.5 Å². The van der Waals surface area contributed by atoms with Crippen molar-refractivity contribution in [2.24, 2.45) is 5.41 Å². The SMILES string of the molecule is CC(C)(CF)CS(=O)(=O)N1CCN(Cc2ccncc2)CC1. The molecule has 7 heteroatoms. The molecule has 5 nitrogen and oxygen atoms in total. The summed E-state index contributed by atoms with van der Waals surface area (Å²) in [6.45, 7) is 5.77. The second kappa shape index (κ2) is 7.02. The van der Waals surface area contributed by atoms with Crippen LogP contribution in [0.2, 0.25) is 0 Å². The van der Waals surface area contributed by atoms with Gasteiger partial charge in [-0.2, -0.15) is 4.31 Å². The molecule has 2 heterocycles. The molecule has 0 aliphatic carbocycles. The fourth-order valence-corrected chi connectivity index (χ4v) is 4.50. The number of pyridine rings is 1. The lowest BCUT2D eigenvalue weighted by atomic mass is 9.99. The number of piperazine rings is 1. The molecule has 0 radical (unpaired) electrons. The largest absolute Gasteiger partial charge is 0.296 e. The third kappa shape index (κ3) is 4.72. The molecule has 22 heavy (non-hydrogen) atoms. The van der Waals surface area contributed by atoms with E-state index in [0.717, 1.165) is 6.54 Å². The van der Waals surface area contributed by atoms with Crippen molar-refractivity contribution in [2.75, 3.05) is 38.6 Å². The van der Waals surface area contributed by atoms with Crippen LogP contribution in [0.1, 0.15) is 19.4 Å². The van der Waals surface area contributed by atoms with Gasteiger partial charge in [0, 0.05) is 50.5 Å². The number of hydrogen-bond acceptors (Lipinski definition) is 4. The Bertz CT molecular complexity index is 570. The third-order valence-corrected chi connectivity index (χ3v) is 6.11. The van der Waals surface area contributed by atoms with Crippen molar-refractivity contribution in [1.29, 1.82) is 0 Å². The van der Waals surface area contributed by atoms with Crippen molar-refractivity contribution in [2.45, 2.75) is 20.4 Å². The average molecular weight is 329 g/mol. The molecule has 1 aromatic rings. The second-order valence-electron chi connectivity index (χ2n) is 6.58. The topological polar surface area (TPSA) is 53.5 Å². The van der Waals surface area contributed by atoms with Crippen molar-refractivity contribution in [3.8, 4) is 0 Å². The van der Waals surface area contributed by atoms with Gasteiger partial charge in [-0.1, -0.05) is 13.8 Å². The zero-order chi connectivity index (χ0) is 16.2. The monoisotopic (exact) mass is 329 g/mol. The maximum atomic E-state index is 12.9. The van der Waals surface area contributed by atoms with Gasteiger partial charge in [0.1, 0.15) is 0 Å². The Hall–Kier alpha value is -1.05. The van der Waals surface area contributed by atoms with Gasteiger partial charge in [0.05, 0.1) is 12.4 Å². The van der Waals surface area contributed by atoms with Gasteiger partial charge >= 0.3 is 0 Å². The molecule has 0 saturated carbocycles. The summed E-state index contributed by atoms with van der Waals surface area (Å²) in [5, 5.41) is 0. The quantitative estimate of drug-likeness (QED) is 0.794. The van der Waals surface area contributed by atoms with Gasteiger partial charge in [-0.05, 0) is 17.7 Å². The van der Waals surface area contributed by atoms with Gasteiger partial charge in [0.2, 0.25) is 10.0 Å². The van der Waals surface area contributed by atoms with Crippen LogP contribution in [0.4, 0.5) is 4.39 Å². The molecular formula is C15H24FN3O2S. The van der Waals surface area contributed by atoms with E-state index in [1.807, 2.05) is 12.1 Å². The summed E-state index contributed by atoms with van der Waals surface area (Å²) in [5.41, 5.74) is 0.345. The van der Waals surface area contributed by atoms with E-state index < -0.39 is 22.1 Å². The van der Waals surface area contributed by atoms with Crippen LogP contribution >= 0.6 is 0 Å². The highest BCUT2D eigenvalue weighted by Crippen LogP contribution is 2.21. The summed E-state index contributed by atoms with van der Waals surface area (Å²) in [7, 11) is -3.39. The number of hydrogen-bond donors (Lipinski definition) is 0. The summed E-state index contributed by atoms with van der Waals surface area (Å²) in [6, 6.07) is 3.93. The number of nitrogens with zero attached hydrogens (tertiary/aromatic N) is 3. The van der Waals surface area contributed by atoms with Gasteiger partial charge in [-0.15, -0.1) is 0 Å². The maximum Gasteiger partial charge on any atom is 0.214 e. The zero-order valence-corrected chi connectivity index (χ0v) is 14.0. The Kier molecular flexibility index (Phi) is 5.52. The van der Waals surface area contributed by atoms with Gasteiger partial charge in [-0.3, -0.25) is 14.3 Å². The lowest BCUT2D eigenvalue weighted by molar-refractivity contribution is 0.179. The zero-order valence-electron chi connectivity index (χ0n) is 13.2. The molecule has 0 aromatic carbocycles. The molecule has 0 N–H and O–H groups in total. The molecule has 124 valence electrons. The first-order valence-corrected chi connectivity index (χ1v) is 9.08. The van der Waals surface area contributed by atoms with Crippen molar-refractivity contribution in [3.05, 3.63) is 30.1 Å². The van der Waals surface area contributed by atoms with E-state index in [1.165, 1.54) is 9.87 Å². The average Bonchev–Trinajstić information content (AvgIpc) is 2.48. The molecule has 1 fully saturated rings. The van der Waals surface area contributed by atoms with Crippen LogP contribution in [0, 0.1) is 5.41 Å². The molecule has 1 aromatic heterocycles. The first-order valence-electron chi connectivity index (χ1n) is 7.47. The van der Waals surface area contributed by atoms with Crippen LogP contribution < -0.4 is 0 Å². The van der Waals surface area contributed by atoms with Crippen molar-refractivity contribution in [3.63, 3.8) is 0 Å². The highest BCUT2D eigenvalue weighted by Gasteiger charge is 2.32. The number of sulfonamides is 1. The van der Waals surface area contributed by atoms with Crippen LogP contribution in [0.3, 0.4) is 0 Å². The predicted octanol–water partition coefficient (Wildman–Crippen LogP) is 1.52. The highest BCUT2D eigenvalue weighted by molar-refractivity contribution is 7.89. The van der Waals surface area contributed by atoms with Crippen molar-refractivity contribution >= 4 is 10.0 Å². The number of aromatic nitrogens is 1. The van der Waals surface area contributed by atoms with E-state index in [2.05, 4.69) is 9.88 Å². The predicted molar refractivity (Wildman–Crippen MR) is 84.6 cm³/mol. The van der Waals surface area contributed by atoms with Gasteiger partial charge in [-0.25, -0.2) is 8.42 Å². The molecule has 0 unspecified atom stereocenters. The molecule has 1 aliphatic rings. The first kappa shape index (κ1) is 17.3. The minimum absolute atomic E-state index is 0.138. The van der Waals surface area contributed by atoms with E-state index in [1.54, 1.807) is 26.2 Å². The smallest absolute Gasteiger partial charge is 0.214 e. The fourth-order valence-electron chi connectivity index (χ4n) is 2.54. The highest BCUT2D eigenvalue weighted by atomic mass is 32.2. The van der Waals surface area contributed by atoms with Crippen LogP contribution in [0.25, 0.3) is 0 Å². The Morgan fingerprint density at radius 3 is 2.32 bits per heavy atom. The Balaban J connectivity index is 1.89. The summed E-state index contributed by atoms with van der Waals surface area (Å²) in [4.78, 5) is 6.21. The first-order chi connectivity index (χ1) is 10.3. The van der Waals surface area contributed by atoms with E-state index in [9.17, 15) is 12.8 Å². The van der Waals surface area contributed by atoms with Crippen LogP contribution in [0.5, 0.6) is 0 Å². The molecule has 0 atom stereocenters. The maximum absolute atomic E-state index is 12.9. The molecule has 2 rings (SSSR count). The summed E-state index contributed by atoms with van der Waals surface area (Å²) in [6.07, 6.45) is 3.52. The number of halogens is 1. The normalized spacial score (nSPS) is 18.5. The van der Waals surface area contributed by atoms with Gasteiger partial charge in [0.15, 0.2) is 0 Å². The van der Waals surface area contributed by atoms with E-state index >= 15 is 0 Å². The van der Waals surface area contributed by atoms with Crippen LogP contribution in [-0.4, -0.2) is 61.2 Å². The molecule has 1 aliphatic heterocycles. The second-order valence-corrected chi connectivity index (χ2v) is 8.55. The molecule has 0 amide bonds. The minimum atomic E-state index is -3.39. The van der Waals surface area contributed by atoms with Gasteiger partial charge < -0.3 is 0 Å². The van der Waals surface area contributed by atoms with E-state index in [-0.39, 0.29) is 5.75 Å². The Morgan fingerprint density at radius 2 is 1.77 bits per heavy atom. The molecule has 0 bridgehead atoms. The lowest BCUT2D eigenvalue weighted by Gasteiger charge is -2.35. The molecule has 1 saturated heterocycles.